The molecule has 3 aromatic carbocycles. The minimum absolute atomic E-state index is 0.0700. The predicted molar refractivity (Wildman–Crippen MR) is 191 cm³/mol. The van der Waals surface area contributed by atoms with Crippen LogP contribution in [0.2, 0.25) is 5.15 Å². The molecule has 0 spiro atoms. The molecule has 0 radical (unpaired) electrons. The maximum Gasteiger partial charge on any atom is 0.253 e. The molecule has 3 aliphatic heterocycles. The zero-order valence-corrected chi connectivity index (χ0v) is 28.4. The number of rotatable bonds is 10. The highest BCUT2D eigenvalue weighted by Crippen LogP contribution is 2.33. The van der Waals surface area contributed by atoms with Crippen molar-refractivity contribution in [3.8, 4) is 11.5 Å². The number of ether oxygens (including phenoxy) is 2. The van der Waals surface area contributed by atoms with Crippen molar-refractivity contribution in [1.29, 1.82) is 0 Å². The van der Waals surface area contributed by atoms with Crippen molar-refractivity contribution >= 4 is 41.2 Å². The van der Waals surface area contributed by atoms with Gasteiger partial charge in [-0.2, -0.15) is 0 Å². The molecule has 2 saturated heterocycles. The molecule has 4 aromatic rings. The SMILES string of the molecule is O=C(c1cccc(CSc2nc(Cl)cc(N3CCN(C/C=C/c4ccccc4)CC3)n2)c1)N1CCN(Cc2ccc3c(c2)OCO3)CC1. The number of hydrogen-bond donors (Lipinski definition) is 0. The van der Waals surface area contributed by atoms with E-state index in [1.807, 2.05) is 53.4 Å². The summed E-state index contributed by atoms with van der Waals surface area (Å²) in [5, 5.41) is 1.08. The van der Waals surface area contributed by atoms with E-state index in [0.717, 1.165) is 75.2 Å². The summed E-state index contributed by atoms with van der Waals surface area (Å²) in [7, 11) is 0. The van der Waals surface area contributed by atoms with E-state index in [1.54, 1.807) is 0 Å². The molecule has 11 heteroatoms. The number of amides is 1. The first-order valence-corrected chi connectivity index (χ1v) is 17.8. The average molecular weight is 683 g/mol. The molecular formula is C37H39ClN6O3S. The lowest BCUT2D eigenvalue weighted by atomic mass is 10.1. The van der Waals surface area contributed by atoms with Crippen LogP contribution in [0.15, 0.2) is 90.1 Å². The van der Waals surface area contributed by atoms with Crippen molar-refractivity contribution in [3.05, 3.63) is 112 Å². The molecule has 1 aromatic heterocycles. The lowest BCUT2D eigenvalue weighted by molar-refractivity contribution is 0.0628. The summed E-state index contributed by atoms with van der Waals surface area (Å²) in [5.41, 5.74) is 4.17. The maximum atomic E-state index is 13.4. The summed E-state index contributed by atoms with van der Waals surface area (Å²) in [4.78, 5) is 31.8. The molecule has 0 saturated carbocycles. The van der Waals surface area contributed by atoms with Crippen LogP contribution in [-0.2, 0) is 12.3 Å². The van der Waals surface area contributed by atoms with Crippen molar-refractivity contribution in [2.45, 2.75) is 17.5 Å². The Morgan fingerprint density at radius 2 is 1.58 bits per heavy atom. The van der Waals surface area contributed by atoms with Crippen LogP contribution in [0, 0.1) is 0 Å². The van der Waals surface area contributed by atoms with Crippen molar-refractivity contribution in [2.75, 3.05) is 70.6 Å². The topological polar surface area (TPSA) is 74.3 Å². The van der Waals surface area contributed by atoms with Crippen molar-refractivity contribution in [2.24, 2.45) is 0 Å². The van der Waals surface area contributed by atoms with Crippen LogP contribution in [-0.4, -0.2) is 96.3 Å². The third-order valence-electron chi connectivity index (χ3n) is 8.88. The Morgan fingerprint density at radius 3 is 2.42 bits per heavy atom. The Bertz CT molecular complexity index is 1740. The molecule has 0 unspecified atom stereocenters. The highest BCUT2D eigenvalue weighted by molar-refractivity contribution is 7.98. The normalized spacial score (nSPS) is 16.9. The predicted octanol–water partition coefficient (Wildman–Crippen LogP) is 5.94. The van der Waals surface area contributed by atoms with Gasteiger partial charge in [0.15, 0.2) is 16.7 Å². The Labute approximate surface area is 291 Å². The van der Waals surface area contributed by atoms with E-state index < -0.39 is 0 Å². The van der Waals surface area contributed by atoms with Crippen LogP contribution >= 0.6 is 23.4 Å². The maximum absolute atomic E-state index is 13.4. The minimum Gasteiger partial charge on any atom is -0.454 e. The van der Waals surface area contributed by atoms with Crippen molar-refractivity contribution < 1.29 is 14.3 Å². The number of aromatic nitrogens is 2. The second-order valence-corrected chi connectivity index (χ2v) is 13.5. The van der Waals surface area contributed by atoms with Crippen LogP contribution in [0.3, 0.4) is 0 Å². The van der Waals surface area contributed by atoms with Gasteiger partial charge in [0.2, 0.25) is 6.79 Å². The van der Waals surface area contributed by atoms with E-state index in [4.69, 9.17) is 26.1 Å². The Kier molecular flexibility index (Phi) is 10.4. The summed E-state index contributed by atoms with van der Waals surface area (Å²) in [6.45, 7) is 8.74. The van der Waals surface area contributed by atoms with Gasteiger partial charge in [0, 0.05) is 82.8 Å². The van der Waals surface area contributed by atoms with Crippen molar-refractivity contribution in [3.63, 3.8) is 0 Å². The van der Waals surface area contributed by atoms with E-state index in [9.17, 15) is 4.79 Å². The highest BCUT2D eigenvalue weighted by Gasteiger charge is 2.24. The lowest BCUT2D eigenvalue weighted by Gasteiger charge is -2.35. The Hall–Kier alpha value is -4.09. The molecule has 0 atom stereocenters. The third kappa shape index (κ3) is 8.30. The smallest absolute Gasteiger partial charge is 0.253 e. The summed E-state index contributed by atoms with van der Waals surface area (Å²) < 4.78 is 11.0. The minimum atomic E-state index is 0.0700. The molecule has 0 aliphatic carbocycles. The first kappa shape index (κ1) is 32.5. The van der Waals surface area contributed by atoms with E-state index in [-0.39, 0.29) is 12.7 Å². The fourth-order valence-corrected chi connectivity index (χ4v) is 7.23. The van der Waals surface area contributed by atoms with Gasteiger partial charge in [-0.3, -0.25) is 14.6 Å². The van der Waals surface area contributed by atoms with E-state index in [0.29, 0.717) is 34.7 Å². The number of benzene rings is 3. The number of piperazine rings is 2. The number of fused-ring (bicyclic) bond motifs is 1. The van der Waals surface area contributed by atoms with E-state index >= 15 is 0 Å². The average Bonchev–Trinajstić information content (AvgIpc) is 3.60. The number of halogens is 1. The van der Waals surface area contributed by atoms with Gasteiger partial charge in [0.05, 0.1) is 0 Å². The number of hydrogen-bond acceptors (Lipinski definition) is 9. The Balaban J connectivity index is 0.887. The molecule has 2 fully saturated rings. The third-order valence-corrected chi connectivity index (χ3v) is 9.99. The summed E-state index contributed by atoms with van der Waals surface area (Å²) in [6.07, 6.45) is 4.41. The quantitative estimate of drug-likeness (QED) is 0.115. The van der Waals surface area contributed by atoms with Crippen LogP contribution in [0.25, 0.3) is 6.08 Å². The first-order chi connectivity index (χ1) is 23.6. The largest absolute Gasteiger partial charge is 0.454 e. The summed E-state index contributed by atoms with van der Waals surface area (Å²) in [5.74, 6) is 3.18. The number of carbonyl (C=O) groups excluding carboxylic acids is 1. The number of nitrogens with zero attached hydrogens (tertiary/aromatic N) is 6. The highest BCUT2D eigenvalue weighted by atomic mass is 35.5. The molecular weight excluding hydrogens is 644 g/mol. The number of carbonyl (C=O) groups is 1. The van der Waals surface area contributed by atoms with Crippen LogP contribution in [0.5, 0.6) is 11.5 Å². The van der Waals surface area contributed by atoms with Crippen LogP contribution in [0.1, 0.15) is 27.0 Å². The van der Waals surface area contributed by atoms with E-state index in [2.05, 4.69) is 62.2 Å². The zero-order chi connectivity index (χ0) is 32.7. The zero-order valence-electron chi connectivity index (χ0n) is 26.8. The molecule has 0 bridgehead atoms. The van der Waals surface area contributed by atoms with Gasteiger partial charge < -0.3 is 19.3 Å². The van der Waals surface area contributed by atoms with Gasteiger partial charge in [-0.1, -0.05) is 84.0 Å². The number of anilines is 1. The molecule has 48 heavy (non-hydrogen) atoms. The van der Waals surface area contributed by atoms with Gasteiger partial charge in [-0.15, -0.1) is 0 Å². The summed E-state index contributed by atoms with van der Waals surface area (Å²) >= 11 is 8.00. The molecule has 7 rings (SSSR count). The second kappa shape index (κ2) is 15.4. The first-order valence-electron chi connectivity index (χ1n) is 16.4. The molecule has 1 amide bonds. The molecule has 248 valence electrons. The van der Waals surface area contributed by atoms with Gasteiger partial charge in [-0.05, 0) is 41.0 Å². The van der Waals surface area contributed by atoms with Gasteiger partial charge in [0.25, 0.3) is 5.91 Å². The van der Waals surface area contributed by atoms with Gasteiger partial charge in [-0.25, -0.2) is 9.97 Å². The summed E-state index contributed by atoms with van der Waals surface area (Å²) in [6, 6.07) is 26.2. The molecule has 4 heterocycles. The van der Waals surface area contributed by atoms with Gasteiger partial charge >= 0.3 is 0 Å². The molecule has 0 N–H and O–H groups in total. The standard InChI is InChI=1S/C37H39ClN6O3S/c38-34-24-35(43-18-14-41(15-19-43)13-5-9-28-6-2-1-3-7-28)40-37(39-34)48-26-30-8-4-10-31(22-30)36(45)44-20-16-42(17-21-44)25-29-11-12-32-33(23-29)47-27-46-32/h1-12,22-24H,13-21,25-27H2/b9-5+. The number of thioether (sulfide) groups is 1. The lowest BCUT2D eigenvalue weighted by Crippen LogP contribution is -2.48. The van der Waals surface area contributed by atoms with E-state index in [1.165, 1.54) is 22.9 Å². The molecule has 3 aliphatic rings. The van der Waals surface area contributed by atoms with Crippen LogP contribution < -0.4 is 14.4 Å². The fourth-order valence-electron chi connectivity index (χ4n) is 6.20. The van der Waals surface area contributed by atoms with Gasteiger partial charge in [0.1, 0.15) is 11.0 Å². The second-order valence-electron chi connectivity index (χ2n) is 12.2. The fraction of sp³-hybridized carbons (Fsp3) is 0.324. The van der Waals surface area contributed by atoms with Crippen LogP contribution in [0.4, 0.5) is 5.82 Å². The molecule has 9 nitrogen and oxygen atoms in total. The monoisotopic (exact) mass is 682 g/mol. The van der Waals surface area contributed by atoms with Crippen molar-refractivity contribution in [1.82, 2.24) is 24.7 Å². The Morgan fingerprint density at radius 1 is 0.792 bits per heavy atom.